The van der Waals surface area contributed by atoms with Crippen molar-refractivity contribution < 1.29 is 9.47 Å². The van der Waals surface area contributed by atoms with Gasteiger partial charge in [0, 0.05) is 7.11 Å². The maximum absolute atomic E-state index is 5.45. The molecule has 2 fully saturated rings. The number of epoxide rings is 1. The Balaban J connectivity index is 1.84. The van der Waals surface area contributed by atoms with Crippen LogP contribution in [-0.2, 0) is 9.47 Å². The summed E-state index contributed by atoms with van der Waals surface area (Å²) in [6.45, 7) is 2.16. The first-order valence-electron chi connectivity index (χ1n) is 4.49. The smallest absolute Gasteiger partial charge is 0.0845 e. The minimum atomic E-state index is 0.417. The van der Waals surface area contributed by atoms with E-state index in [1.54, 1.807) is 7.11 Å². The third-order valence-electron chi connectivity index (χ3n) is 3.08. The van der Waals surface area contributed by atoms with Crippen LogP contribution in [0.5, 0.6) is 0 Å². The fourth-order valence-electron chi connectivity index (χ4n) is 2.05. The third kappa shape index (κ3) is 1.42. The predicted octanol–water partition coefficient (Wildman–Crippen LogP) is 1.59. The van der Waals surface area contributed by atoms with Crippen LogP contribution < -0.4 is 0 Å². The van der Waals surface area contributed by atoms with Crippen molar-refractivity contribution in [1.82, 2.24) is 0 Å². The molecule has 0 amide bonds. The lowest BCUT2D eigenvalue weighted by molar-refractivity contribution is 0.0538. The predicted molar refractivity (Wildman–Crippen MR) is 42.5 cm³/mol. The molecule has 2 rings (SSSR count). The van der Waals surface area contributed by atoms with Gasteiger partial charge in [0.2, 0.25) is 0 Å². The fraction of sp³-hybridized carbons (Fsp3) is 1.00. The summed E-state index contributed by atoms with van der Waals surface area (Å²) in [6, 6.07) is 0. The highest BCUT2D eigenvalue weighted by Crippen LogP contribution is 2.40. The molecule has 2 nitrogen and oxygen atoms in total. The molecule has 1 saturated heterocycles. The minimum absolute atomic E-state index is 0.417. The van der Waals surface area contributed by atoms with Crippen molar-refractivity contribution >= 4 is 0 Å². The minimum Gasteiger partial charge on any atom is -0.381 e. The lowest BCUT2D eigenvalue weighted by atomic mass is 9.86. The quantitative estimate of drug-likeness (QED) is 0.566. The highest BCUT2D eigenvalue weighted by Gasteiger charge is 2.44. The average Bonchev–Trinajstić information content (AvgIpc) is 2.80. The molecule has 2 heteroatoms. The van der Waals surface area contributed by atoms with Gasteiger partial charge in [-0.15, -0.1) is 0 Å². The van der Waals surface area contributed by atoms with Crippen LogP contribution in [0.4, 0.5) is 0 Å². The van der Waals surface area contributed by atoms with E-state index in [0.717, 1.165) is 5.92 Å². The third-order valence-corrected chi connectivity index (χ3v) is 3.08. The second-order valence-corrected chi connectivity index (χ2v) is 3.73. The number of ether oxygens (including phenoxy) is 2. The van der Waals surface area contributed by atoms with Crippen molar-refractivity contribution in [3.63, 3.8) is 0 Å². The van der Waals surface area contributed by atoms with Crippen LogP contribution in [0.2, 0.25) is 0 Å². The van der Waals surface area contributed by atoms with Gasteiger partial charge in [-0.2, -0.15) is 0 Å². The number of hydrogen-bond acceptors (Lipinski definition) is 2. The highest BCUT2D eigenvalue weighted by molar-refractivity contribution is 4.93. The summed E-state index contributed by atoms with van der Waals surface area (Å²) < 4.78 is 10.7. The zero-order chi connectivity index (χ0) is 7.84. The molecule has 0 radical (unpaired) electrons. The van der Waals surface area contributed by atoms with Gasteiger partial charge in [-0.3, -0.25) is 0 Å². The summed E-state index contributed by atoms with van der Waals surface area (Å²) in [6.07, 6.45) is 5.39. The van der Waals surface area contributed by atoms with Crippen molar-refractivity contribution in [3.8, 4) is 0 Å². The molecule has 0 spiro atoms. The monoisotopic (exact) mass is 156 g/mol. The van der Waals surface area contributed by atoms with E-state index in [1.165, 1.54) is 19.3 Å². The van der Waals surface area contributed by atoms with Gasteiger partial charge in [-0.1, -0.05) is 0 Å². The van der Waals surface area contributed by atoms with E-state index in [0.29, 0.717) is 18.3 Å². The Bertz CT molecular complexity index is 146. The van der Waals surface area contributed by atoms with E-state index in [4.69, 9.17) is 9.47 Å². The summed E-state index contributed by atoms with van der Waals surface area (Å²) in [5, 5.41) is 0. The van der Waals surface area contributed by atoms with Crippen LogP contribution in [0.25, 0.3) is 0 Å². The van der Waals surface area contributed by atoms with Crippen molar-refractivity contribution in [2.24, 2.45) is 5.92 Å². The number of fused-ring (bicyclic) bond motifs is 1. The molecule has 11 heavy (non-hydrogen) atoms. The Kier molecular flexibility index (Phi) is 1.90. The van der Waals surface area contributed by atoms with Gasteiger partial charge in [-0.05, 0) is 32.1 Å². The SMILES string of the molecule is COC(C)C1CCC2OC2C1. The van der Waals surface area contributed by atoms with Crippen LogP contribution in [0.3, 0.4) is 0 Å². The number of rotatable bonds is 2. The van der Waals surface area contributed by atoms with E-state index in [2.05, 4.69) is 6.92 Å². The Labute approximate surface area is 67.9 Å². The molecule has 0 N–H and O–H groups in total. The van der Waals surface area contributed by atoms with Crippen molar-refractivity contribution in [2.45, 2.75) is 44.5 Å². The largest absolute Gasteiger partial charge is 0.381 e. The van der Waals surface area contributed by atoms with Crippen LogP contribution in [0.15, 0.2) is 0 Å². The maximum Gasteiger partial charge on any atom is 0.0845 e. The molecule has 1 saturated carbocycles. The molecule has 1 aliphatic carbocycles. The lowest BCUT2D eigenvalue weighted by Crippen LogP contribution is -2.25. The molecule has 0 aromatic rings. The van der Waals surface area contributed by atoms with E-state index in [1.807, 2.05) is 0 Å². The molecular formula is C9H16O2. The molecular weight excluding hydrogens is 140 g/mol. The van der Waals surface area contributed by atoms with E-state index < -0.39 is 0 Å². The molecule has 0 aromatic carbocycles. The highest BCUT2D eigenvalue weighted by atomic mass is 16.6. The van der Waals surface area contributed by atoms with Crippen LogP contribution >= 0.6 is 0 Å². The summed E-state index contributed by atoms with van der Waals surface area (Å²) in [7, 11) is 1.80. The van der Waals surface area contributed by atoms with Crippen LogP contribution in [-0.4, -0.2) is 25.4 Å². The topological polar surface area (TPSA) is 21.8 Å². The van der Waals surface area contributed by atoms with Gasteiger partial charge < -0.3 is 9.47 Å². The van der Waals surface area contributed by atoms with Gasteiger partial charge in [0.15, 0.2) is 0 Å². The second kappa shape index (κ2) is 2.76. The summed E-state index contributed by atoms with van der Waals surface area (Å²) in [5.74, 6) is 0.740. The molecule has 4 atom stereocenters. The van der Waals surface area contributed by atoms with Gasteiger partial charge in [0.05, 0.1) is 18.3 Å². The molecule has 4 unspecified atom stereocenters. The summed E-state index contributed by atoms with van der Waals surface area (Å²) in [5.41, 5.74) is 0. The fourth-order valence-corrected chi connectivity index (χ4v) is 2.05. The molecule has 1 aliphatic heterocycles. The first-order chi connectivity index (χ1) is 5.31. The van der Waals surface area contributed by atoms with E-state index >= 15 is 0 Å². The molecule has 2 aliphatic rings. The maximum atomic E-state index is 5.45. The second-order valence-electron chi connectivity index (χ2n) is 3.73. The van der Waals surface area contributed by atoms with E-state index in [9.17, 15) is 0 Å². The zero-order valence-electron chi connectivity index (χ0n) is 7.25. The van der Waals surface area contributed by atoms with Gasteiger partial charge in [0.1, 0.15) is 0 Å². The standard InChI is InChI=1S/C9H16O2/c1-6(10-2)7-3-4-8-9(5-7)11-8/h6-9H,3-5H2,1-2H3. The first kappa shape index (κ1) is 7.56. The molecule has 1 heterocycles. The number of methoxy groups -OCH3 is 1. The number of hydrogen-bond donors (Lipinski definition) is 0. The zero-order valence-corrected chi connectivity index (χ0v) is 7.25. The van der Waals surface area contributed by atoms with Crippen LogP contribution in [0.1, 0.15) is 26.2 Å². The Morgan fingerprint density at radius 2 is 2.18 bits per heavy atom. The lowest BCUT2D eigenvalue weighted by Gasteiger charge is -2.24. The van der Waals surface area contributed by atoms with E-state index in [-0.39, 0.29) is 0 Å². The van der Waals surface area contributed by atoms with Gasteiger partial charge in [-0.25, -0.2) is 0 Å². The molecule has 0 aromatic heterocycles. The Hall–Kier alpha value is -0.0800. The molecule has 0 bridgehead atoms. The van der Waals surface area contributed by atoms with Crippen molar-refractivity contribution in [1.29, 1.82) is 0 Å². The van der Waals surface area contributed by atoms with Gasteiger partial charge in [0.25, 0.3) is 0 Å². The Morgan fingerprint density at radius 1 is 1.36 bits per heavy atom. The normalized spacial score (nSPS) is 44.7. The van der Waals surface area contributed by atoms with Crippen molar-refractivity contribution in [3.05, 3.63) is 0 Å². The first-order valence-corrected chi connectivity index (χ1v) is 4.49. The average molecular weight is 156 g/mol. The van der Waals surface area contributed by atoms with Crippen molar-refractivity contribution in [2.75, 3.05) is 7.11 Å². The van der Waals surface area contributed by atoms with Gasteiger partial charge >= 0.3 is 0 Å². The summed E-state index contributed by atoms with van der Waals surface area (Å²) in [4.78, 5) is 0. The Morgan fingerprint density at radius 3 is 2.82 bits per heavy atom. The summed E-state index contributed by atoms with van der Waals surface area (Å²) >= 11 is 0. The van der Waals surface area contributed by atoms with Crippen LogP contribution in [0, 0.1) is 5.92 Å². The molecule has 64 valence electrons.